The summed E-state index contributed by atoms with van der Waals surface area (Å²) in [6.07, 6.45) is 2.29. The number of H-pyrrole nitrogens is 1. The van der Waals surface area contributed by atoms with Crippen molar-refractivity contribution in [1.82, 2.24) is 25.2 Å². The second kappa shape index (κ2) is 20.4. The Labute approximate surface area is 423 Å². The van der Waals surface area contributed by atoms with Crippen LogP contribution >= 0.6 is 0 Å². The molecule has 5 aromatic carbocycles. The summed E-state index contributed by atoms with van der Waals surface area (Å²) in [5, 5.41) is 19.0. The van der Waals surface area contributed by atoms with Gasteiger partial charge in [0.2, 0.25) is 15.4 Å². The van der Waals surface area contributed by atoms with Crippen molar-refractivity contribution in [2.45, 2.75) is 19.8 Å². The van der Waals surface area contributed by atoms with Crippen LogP contribution in [0.2, 0.25) is 0 Å². The summed E-state index contributed by atoms with van der Waals surface area (Å²) in [6.45, 7) is 2.07. The van der Waals surface area contributed by atoms with Crippen LogP contribution in [0.25, 0.3) is 66.5 Å². The van der Waals surface area contributed by atoms with Gasteiger partial charge in [-0.3, -0.25) is 19.1 Å². The maximum Gasteiger partial charge on any atom is 0.336 e. The second-order valence-electron chi connectivity index (χ2n) is 18.2. The molecule has 0 atom stereocenters. The van der Waals surface area contributed by atoms with Crippen molar-refractivity contribution in [3.8, 4) is 33.6 Å². The van der Waals surface area contributed by atoms with E-state index in [0.29, 0.717) is 72.9 Å². The van der Waals surface area contributed by atoms with E-state index in [4.69, 9.17) is 4.42 Å². The minimum Gasteiger partial charge on any atom is -0.478 e. The number of halogens is 2. The van der Waals surface area contributed by atoms with Crippen molar-refractivity contribution in [2.24, 2.45) is 0 Å². The Morgan fingerprint density at radius 2 is 1.46 bits per heavy atom. The molecule has 1 aliphatic heterocycles. The van der Waals surface area contributed by atoms with Gasteiger partial charge in [-0.2, -0.15) is 0 Å². The summed E-state index contributed by atoms with van der Waals surface area (Å²) in [7, 11) is 3.77. The van der Waals surface area contributed by atoms with E-state index in [0.717, 1.165) is 28.7 Å². The normalized spacial score (nSPS) is 11.6. The number of pyridine rings is 1. The molecule has 18 heteroatoms. The van der Waals surface area contributed by atoms with Crippen LogP contribution in [0.3, 0.4) is 0 Å². The summed E-state index contributed by atoms with van der Waals surface area (Å²) >= 11 is 0. The molecule has 0 bridgehead atoms. The molecule has 9 rings (SSSR count). The van der Waals surface area contributed by atoms with Crippen molar-refractivity contribution >= 4 is 77.9 Å². The number of anilines is 2. The van der Waals surface area contributed by atoms with Crippen LogP contribution in [0.5, 0.6) is 0 Å². The van der Waals surface area contributed by atoms with E-state index in [1.165, 1.54) is 18.2 Å². The molecule has 5 N–H and O–H groups in total. The highest BCUT2D eigenvalue weighted by atomic mass is 32.2. The predicted octanol–water partition coefficient (Wildman–Crippen LogP) is 8.91. The lowest BCUT2D eigenvalue weighted by molar-refractivity contribution is 0.0697. The van der Waals surface area contributed by atoms with Crippen molar-refractivity contribution < 1.29 is 45.9 Å². The molecule has 3 heterocycles. The van der Waals surface area contributed by atoms with Crippen LogP contribution in [0.4, 0.5) is 20.2 Å². The number of aromatic carboxylic acids is 1. The number of carbonyl (C=O) groups is 4. The zero-order chi connectivity index (χ0) is 52.6. The number of benzene rings is 6. The molecule has 2 aromatic heterocycles. The third kappa shape index (κ3) is 10.0. The van der Waals surface area contributed by atoms with Crippen molar-refractivity contribution in [2.75, 3.05) is 56.7 Å². The lowest BCUT2D eigenvalue weighted by Crippen LogP contribution is -2.30. The smallest absolute Gasteiger partial charge is 0.336 e. The maximum atomic E-state index is 15.6. The lowest BCUT2D eigenvalue weighted by atomic mass is 9.89. The molecule has 0 unspecified atom stereocenters. The molecule has 2 aliphatic rings. The van der Waals surface area contributed by atoms with Crippen LogP contribution in [0.15, 0.2) is 126 Å². The number of nitrogens with zero attached hydrogens (tertiary/aromatic N) is 3. The first-order valence-electron chi connectivity index (χ1n) is 23.6. The Balaban J connectivity index is 0.848. The number of hydrogen-bond acceptors (Lipinski definition) is 9. The average molecular weight is 1020 g/mol. The van der Waals surface area contributed by atoms with Crippen LogP contribution in [0, 0.1) is 11.6 Å². The van der Waals surface area contributed by atoms with Gasteiger partial charge in [0.15, 0.2) is 11.6 Å². The number of hydrogen-bond donors (Lipinski definition) is 5. The Morgan fingerprint density at radius 1 is 0.757 bits per heavy atom. The first kappa shape index (κ1) is 50.2. The van der Waals surface area contributed by atoms with Gasteiger partial charge < -0.3 is 30.0 Å². The molecule has 1 aliphatic carbocycles. The zero-order valence-corrected chi connectivity index (χ0v) is 41.7. The highest BCUT2D eigenvalue weighted by molar-refractivity contribution is 7.92. The molecule has 0 radical (unpaired) electrons. The van der Waals surface area contributed by atoms with Crippen LogP contribution in [0.1, 0.15) is 66.8 Å². The van der Waals surface area contributed by atoms with Gasteiger partial charge in [-0.1, -0.05) is 25.1 Å². The number of aromatic amines is 1. The molecule has 0 saturated carbocycles. The second-order valence-corrected chi connectivity index (χ2v) is 20.0. The highest BCUT2D eigenvalue weighted by Gasteiger charge is 2.26. The molecule has 376 valence electrons. The SMILES string of the molecule is CCCS(=O)(=O)Nc1ccc(F)c(C(=O)c2ccc3[nH]c4ncc(-c5ccc(C(=O)NCCCNC(=O)c6ccc(-c7c8ccc(=[N+](C)C)cc-8oc8cc(N(C)C)ccc78)c(C(=O)O)c6)cc5)cc4c3c2)c1F. The Morgan fingerprint density at radius 3 is 2.16 bits per heavy atom. The van der Waals surface area contributed by atoms with Gasteiger partial charge in [0.25, 0.3) is 11.8 Å². The van der Waals surface area contributed by atoms with Gasteiger partial charge in [-0.15, -0.1) is 0 Å². The van der Waals surface area contributed by atoms with Gasteiger partial charge in [0.05, 0.1) is 28.6 Å². The van der Waals surface area contributed by atoms with E-state index in [9.17, 15) is 32.7 Å². The largest absolute Gasteiger partial charge is 0.478 e. The molecule has 0 spiro atoms. The van der Waals surface area contributed by atoms with Gasteiger partial charge in [0.1, 0.15) is 36.9 Å². The Hall–Kier alpha value is -8.77. The summed E-state index contributed by atoms with van der Waals surface area (Å²) in [4.78, 5) is 62.7. The number of amides is 2. The summed E-state index contributed by atoms with van der Waals surface area (Å²) in [5.74, 6) is -5.16. The van der Waals surface area contributed by atoms with Crippen molar-refractivity contribution in [3.63, 3.8) is 0 Å². The summed E-state index contributed by atoms with van der Waals surface area (Å²) in [6, 6.07) is 31.1. The molecule has 0 fully saturated rings. The minimum atomic E-state index is -3.92. The fourth-order valence-electron chi connectivity index (χ4n) is 8.85. The molecule has 0 saturated heterocycles. The van der Waals surface area contributed by atoms with E-state index >= 15 is 8.78 Å². The third-order valence-corrected chi connectivity index (χ3v) is 14.2. The number of sulfonamides is 1. The van der Waals surface area contributed by atoms with E-state index in [2.05, 4.69) is 25.3 Å². The highest BCUT2D eigenvalue weighted by Crippen LogP contribution is 2.42. The van der Waals surface area contributed by atoms with Crippen molar-refractivity contribution in [3.05, 3.63) is 166 Å². The topological polar surface area (TPSA) is 207 Å². The van der Waals surface area contributed by atoms with Crippen LogP contribution in [-0.2, 0) is 10.0 Å². The van der Waals surface area contributed by atoms with Gasteiger partial charge >= 0.3 is 5.97 Å². The summed E-state index contributed by atoms with van der Waals surface area (Å²) < 4.78 is 65.7. The quantitative estimate of drug-likeness (QED) is 0.0269. The molecule has 7 aromatic rings. The van der Waals surface area contributed by atoms with E-state index in [1.807, 2.05) is 80.1 Å². The number of nitrogens with one attached hydrogen (secondary N) is 4. The molecule has 2 amide bonds. The molecular formula is C56H50F2N7O8S+. The number of rotatable bonds is 16. The number of carboxylic acids is 1. The van der Waals surface area contributed by atoms with Gasteiger partial charge in [-0.25, -0.2) is 31.6 Å². The monoisotopic (exact) mass is 1020 g/mol. The zero-order valence-electron chi connectivity index (χ0n) is 40.9. The maximum absolute atomic E-state index is 15.6. The Bertz CT molecular complexity index is 3900. The standard InChI is InChI=1S/C56H49F2N7O8S/c1-6-24-74(71,72)63-46-21-19-44(57)50(51(46)58)52(66)33-13-20-45-41(25-33)42-27-35(30-61-53(42)62-45)31-8-10-32(11-9-31)54(67)59-22-7-23-60-55(68)34-12-16-38(43(26-34)56(69)70)49-39-17-14-36(64(2)3)28-47(39)73-48-29-37(65(4)5)15-18-40(48)49/h8-21,25-30,63H,6-7,22-24H2,1-5H3,(H3-,59,60,61,62,66,67,68,69,70)/p+1. The molecular weight excluding hydrogens is 969 g/mol. The molecule has 15 nitrogen and oxygen atoms in total. The predicted molar refractivity (Wildman–Crippen MR) is 282 cm³/mol. The van der Waals surface area contributed by atoms with Crippen molar-refractivity contribution in [1.29, 1.82) is 0 Å². The van der Waals surface area contributed by atoms with Crippen LogP contribution < -0.4 is 30.2 Å². The van der Waals surface area contributed by atoms with E-state index in [1.54, 1.807) is 55.6 Å². The fraction of sp³-hybridized carbons (Fsp3) is 0.179. The number of aromatic nitrogens is 2. The third-order valence-electron chi connectivity index (χ3n) is 12.7. The van der Waals surface area contributed by atoms with E-state index < -0.39 is 50.6 Å². The van der Waals surface area contributed by atoms with Gasteiger partial charge in [-0.05, 0) is 103 Å². The van der Waals surface area contributed by atoms with Crippen LogP contribution in [-0.4, -0.2) is 94.1 Å². The lowest BCUT2D eigenvalue weighted by Gasteiger charge is -2.19. The number of carbonyl (C=O) groups excluding carboxylic acids is 3. The van der Waals surface area contributed by atoms with Gasteiger partial charge in [0, 0.05) is 106 Å². The minimum absolute atomic E-state index is 0.0327. The Kier molecular flexibility index (Phi) is 13.8. The average Bonchev–Trinajstić information content (AvgIpc) is 3.76. The first-order valence-corrected chi connectivity index (χ1v) is 25.2. The van der Waals surface area contributed by atoms with E-state index in [-0.39, 0.29) is 47.9 Å². The molecule has 74 heavy (non-hydrogen) atoms. The number of fused-ring (bicyclic) bond motifs is 5. The number of carboxylic acid groups (broad SMARTS) is 1. The first-order chi connectivity index (χ1) is 35.4. The fourth-order valence-corrected chi connectivity index (χ4v) is 9.98. The summed E-state index contributed by atoms with van der Waals surface area (Å²) in [5.41, 5.74) is 4.85. The number of ketones is 1.